The van der Waals surface area contributed by atoms with Gasteiger partial charge in [-0.3, -0.25) is 9.98 Å². The van der Waals surface area contributed by atoms with Crippen molar-refractivity contribution in [3.8, 4) is 0 Å². The van der Waals surface area contributed by atoms with E-state index in [1.54, 1.807) is 19.5 Å². The first-order valence-corrected chi connectivity index (χ1v) is 9.87. The van der Waals surface area contributed by atoms with Gasteiger partial charge in [0.25, 0.3) is 0 Å². The molecule has 1 aromatic carbocycles. The highest BCUT2D eigenvalue weighted by Gasteiger charge is 2.29. The van der Waals surface area contributed by atoms with Crippen molar-refractivity contribution in [2.75, 3.05) is 51.4 Å². The minimum absolute atomic E-state index is 0.732. The number of aromatic nitrogens is 1. The molecule has 148 valence electrons. The highest BCUT2D eigenvalue weighted by molar-refractivity contribution is 6.20. The Morgan fingerprint density at radius 1 is 1.17 bits per heavy atom. The van der Waals surface area contributed by atoms with Crippen molar-refractivity contribution in [2.45, 2.75) is 0 Å². The molecule has 2 aromatic rings. The number of hydrogen-bond acceptors (Lipinski definition) is 7. The Labute approximate surface area is 170 Å². The Balaban J connectivity index is 1.56. The molecule has 0 unspecified atom stereocenters. The molecule has 7 nitrogen and oxygen atoms in total. The maximum absolute atomic E-state index is 5.65. The zero-order valence-electron chi connectivity index (χ0n) is 16.4. The zero-order valence-corrected chi connectivity index (χ0v) is 16.4. The summed E-state index contributed by atoms with van der Waals surface area (Å²) in [6.07, 6.45) is 5.52. The standard InChI is InChI=1S/C22H23N5O2/c1-28-20(16-3-2-6-23-15-16)14-21-25-19-13-17(26-9-11-29-12-10-26)4-5-18(19)22-24-7-8-27(21)22/h2-6,13-15H,7-12H2,1H3/b20-14-. The fourth-order valence-corrected chi connectivity index (χ4v) is 3.90. The molecule has 0 radical (unpaired) electrons. The summed E-state index contributed by atoms with van der Waals surface area (Å²) in [5.74, 6) is 2.56. The second-order valence-corrected chi connectivity index (χ2v) is 7.08. The molecule has 7 heteroatoms. The Hall–Kier alpha value is -3.19. The predicted molar refractivity (Wildman–Crippen MR) is 114 cm³/mol. The lowest BCUT2D eigenvalue weighted by atomic mass is 10.1. The van der Waals surface area contributed by atoms with E-state index in [0.717, 1.165) is 73.6 Å². The second-order valence-electron chi connectivity index (χ2n) is 7.08. The van der Waals surface area contributed by atoms with Crippen LogP contribution in [0, 0.1) is 0 Å². The van der Waals surface area contributed by atoms with Crippen LogP contribution in [0.25, 0.3) is 5.76 Å². The topological polar surface area (TPSA) is 62.6 Å². The summed E-state index contributed by atoms with van der Waals surface area (Å²) >= 11 is 0. The lowest BCUT2D eigenvalue weighted by Gasteiger charge is -2.31. The van der Waals surface area contributed by atoms with Crippen LogP contribution in [0.4, 0.5) is 11.4 Å². The minimum Gasteiger partial charge on any atom is -0.496 e. The van der Waals surface area contributed by atoms with Crippen molar-refractivity contribution in [3.05, 3.63) is 59.9 Å². The van der Waals surface area contributed by atoms with E-state index in [1.165, 1.54) is 5.69 Å². The molecule has 0 N–H and O–H groups in total. The number of methoxy groups -OCH3 is 1. The number of nitrogens with zero attached hydrogens (tertiary/aromatic N) is 5. The molecule has 1 aromatic heterocycles. The third-order valence-corrected chi connectivity index (χ3v) is 5.38. The van der Waals surface area contributed by atoms with Gasteiger partial charge in [0.2, 0.25) is 0 Å². The molecule has 29 heavy (non-hydrogen) atoms. The third-order valence-electron chi connectivity index (χ3n) is 5.38. The van der Waals surface area contributed by atoms with Crippen molar-refractivity contribution in [3.63, 3.8) is 0 Å². The summed E-state index contributed by atoms with van der Waals surface area (Å²) in [4.78, 5) is 18.4. The van der Waals surface area contributed by atoms with Crippen LogP contribution < -0.4 is 4.90 Å². The number of pyridine rings is 1. The lowest BCUT2D eigenvalue weighted by Crippen LogP contribution is -2.37. The molecule has 5 rings (SSSR count). The third kappa shape index (κ3) is 3.38. The van der Waals surface area contributed by atoms with E-state index < -0.39 is 0 Å². The lowest BCUT2D eigenvalue weighted by molar-refractivity contribution is 0.122. The Morgan fingerprint density at radius 2 is 2.07 bits per heavy atom. The molecule has 1 saturated heterocycles. The number of amidine groups is 2. The zero-order chi connectivity index (χ0) is 19.6. The van der Waals surface area contributed by atoms with Gasteiger partial charge in [-0.1, -0.05) is 0 Å². The SMILES string of the molecule is CO/C(=C\C1=Nc2cc(N3CCOCC3)ccc2C2=NCCN12)c1cccnc1. The summed E-state index contributed by atoms with van der Waals surface area (Å²) in [7, 11) is 1.67. The predicted octanol–water partition coefficient (Wildman–Crippen LogP) is 2.71. The fraction of sp³-hybridized carbons (Fsp3) is 0.318. The quantitative estimate of drug-likeness (QED) is 0.753. The van der Waals surface area contributed by atoms with Gasteiger partial charge in [0.15, 0.2) is 0 Å². The van der Waals surface area contributed by atoms with E-state index in [2.05, 4.69) is 33.0 Å². The highest BCUT2D eigenvalue weighted by Crippen LogP contribution is 2.33. The number of rotatable bonds is 4. The van der Waals surface area contributed by atoms with Gasteiger partial charge >= 0.3 is 0 Å². The van der Waals surface area contributed by atoms with Crippen molar-refractivity contribution < 1.29 is 9.47 Å². The maximum atomic E-state index is 5.65. The smallest absolute Gasteiger partial charge is 0.138 e. The molecule has 0 aliphatic carbocycles. The number of ether oxygens (including phenoxy) is 2. The van der Waals surface area contributed by atoms with Gasteiger partial charge in [-0.05, 0) is 30.3 Å². The molecule has 3 aliphatic rings. The average molecular weight is 389 g/mol. The Morgan fingerprint density at radius 3 is 2.86 bits per heavy atom. The number of anilines is 1. The van der Waals surface area contributed by atoms with Crippen LogP contribution in [0.1, 0.15) is 11.1 Å². The molecule has 0 spiro atoms. The van der Waals surface area contributed by atoms with Crippen LogP contribution in [0.3, 0.4) is 0 Å². The van der Waals surface area contributed by atoms with Crippen LogP contribution in [0.2, 0.25) is 0 Å². The van der Waals surface area contributed by atoms with Crippen LogP contribution >= 0.6 is 0 Å². The molecular formula is C22H23N5O2. The first-order valence-electron chi connectivity index (χ1n) is 9.87. The minimum atomic E-state index is 0.732. The van der Waals surface area contributed by atoms with Crippen LogP contribution in [-0.4, -0.2) is 68.1 Å². The average Bonchev–Trinajstić information content (AvgIpc) is 3.29. The summed E-state index contributed by atoms with van der Waals surface area (Å²) < 4.78 is 11.1. The fourth-order valence-electron chi connectivity index (χ4n) is 3.90. The first kappa shape index (κ1) is 17.9. The van der Waals surface area contributed by atoms with E-state index in [9.17, 15) is 0 Å². The van der Waals surface area contributed by atoms with Crippen LogP contribution in [0.15, 0.2) is 58.8 Å². The summed E-state index contributed by atoms with van der Waals surface area (Å²) in [6.45, 7) is 4.91. The van der Waals surface area contributed by atoms with E-state index in [-0.39, 0.29) is 0 Å². The number of benzene rings is 1. The second kappa shape index (κ2) is 7.67. The van der Waals surface area contributed by atoms with Gasteiger partial charge < -0.3 is 19.3 Å². The van der Waals surface area contributed by atoms with Gasteiger partial charge in [-0.25, -0.2) is 4.99 Å². The van der Waals surface area contributed by atoms with Crippen LogP contribution in [-0.2, 0) is 9.47 Å². The molecular weight excluding hydrogens is 366 g/mol. The molecule has 0 bridgehead atoms. The van der Waals surface area contributed by atoms with E-state index in [0.29, 0.717) is 0 Å². The van der Waals surface area contributed by atoms with Crippen molar-refractivity contribution in [1.82, 2.24) is 9.88 Å². The van der Waals surface area contributed by atoms with Gasteiger partial charge in [0, 0.05) is 54.9 Å². The number of aliphatic imine (C=N–C) groups is 2. The van der Waals surface area contributed by atoms with E-state index in [4.69, 9.17) is 19.5 Å². The molecule has 1 fully saturated rings. The van der Waals surface area contributed by atoms with Crippen molar-refractivity contribution in [2.24, 2.45) is 9.98 Å². The number of morpholine rings is 1. The largest absolute Gasteiger partial charge is 0.496 e. The summed E-state index contributed by atoms with van der Waals surface area (Å²) in [5.41, 5.74) is 4.12. The molecule has 0 saturated carbocycles. The number of hydrogen-bond donors (Lipinski definition) is 0. The van der Waals surface area contributed by atoms with Gasteiger partial charge in [0.05, 0.1) is 32.6 Å². The highest BCUT2D eigenvalue weighted by atomic mass is 16.5. The Bertz CT molecular complexity index is 994. The normalized spacial score (nSPS) is 18.7. The number of fused-ring (bicyclic) bond motifs is 3. The molecule has 0 amide bonds. The Kier molecular flexibility index (Phi) is 4.73. The summed E-state index contributed by atoms with van der Waals surface area (Å²) in [6, 6.07) is 10.3. The molecule has 0 atom stereocenters. The van der Waals surface area contributed by atoms with Gasteiger partial charge in [0.1, 0.15) is 17.4 Å². The molecule has 3 aliphatic heterocycles. The monoisotopic (exact) mass is 389 g/mol. The van der Waals surface area contributed by atoms with Crippen molar-refractivity contribution >= 4 is 28.8 Å². The van der Waals surface area contributed by atoms with Gasteiger partial charge in [-0.2, -0.15) is 0 Å². The van der Waals surface area contributed by atoms with E-state index >= 15 is 0 Å². The molecule has 4 heterocycles. The maximum Gasteiger partial charge on any atom is 0.138 e. The van der Waals surface area contributed by atoms with Crippen LogP contribution in [0.5, 0.6) is 0 Å². The van der Waals surface area contributed by atoms with E-state index in [1.807, 2.05) is 18.2 Å². The first-order chi connectivity index (χ1) is 14.3. The summed E-state index contributed by atoms with van der Waals surface area (Å²) in [5, 5.41) is 0. The van der Waals surface area contributed by atoms with Crippen molar-refractivity contribution in [1.29, 1.82) is 0 Å². The van der Waals surface area contributed by atoms with Gasteiger partial charge in [-0.15, -0.1) is 0 Å².